The molecule has 0 spiro atoms. The summed E-state index contributed by atoms with van der Waals surface area (Å²) in [5, 5.41) is 7.13. The number of carbonyl (C=O) groups is 1. The Labute approximate surface area is 141 Å². The highest BCUT2D eigenvalue weighted by Crippen LogP contribution is 2.16. The van der Waals surface area contributed by atoms with Gasteiger partial charge in [-0.15, -0.1) is 0 Å². The largest absolute Gasteiger partial charge is 0.379 e. The highest BCUT2D eigenvalue weighted by atomic mass is 16.5. The maximum atomic E-state index is 12.7. The maximum Gasteiger partial charge on any atom is 0.257 e. The lowest BCUT2D eigenvalue weighted by molar-refractivity contribution is 0.0737. The summed E-state index contributed by atoms with van der Waals surface area (Å²) >= 11 is 0. The van der Waals surface area contributed by atoms with Gasteiger partial charge in [-0.1, -0.05) is 6.07 Å². The van der Waals surface area contributed by atoms with Gasteiger partial charge in [-0.25, -0.2) is 4.98 Å². The molecule has 2 aromatic rings. The SMILES string of the molecule is CNc1cccc(C[C@H]2COCCN(C(=O)c3cnn(C)c3)C2)n1. The van der Waals surface area contributed by atoms with Gasteiger partial charge in [0.2, 0.25) is 0 Å². The summed E-state index contributed by atoms with van der Waals surface area (Å²) in [4.78, 5) is 19.1. The lowest BCUT2D eigenvalue weighted by Gasteiger charge is -2.23. The van der Waals surface area contributed by atoms with Gasteiger partial charge in [0.05, 0.1) is 25.0 Å². The smallest absolute Gasteiger partial charge is 0.257 e. The normalized spacial score (nSPS) is 18.2. The van der Waals surface area contributed by atoms with E-state index in [-0.39, 0.29) is 11.8 Å². The van der Waals surface area contributed by atoms with E-state index in [0.29, 0.717) is 31.9 Å². The summed E-state index contributed by atoms with van der Waals surface area (Å²) in [6, 6.07) is 5.94. The number of aryl methyl sites for hydroxylation is 1. The van der Waals surface area contributed by atoms with Crippen LogP contribution in [0.1, 0.15) is 16.1 Å². The monoisotopic (exact) mass is 329 g/mol. The summed E-state index contributed by atoms with van der Waals surface area (Å²) in [6.45, 7) is 2.47. The van der Waals surface area contributed by atoms with Gasteiger partial charge in [-0.05, 0) is 18.6 Å². The summed E-state index contributed by atoms with van der Waals surface area (Å²) < 4.78 is 7.34. The van der Waals surface area contributed by atoms with Crippen LogP contribution in [0.25, 0.3) is 0 Å². The summed E-state index contributed by atoms with van der Waals surface area (Å²) in [5.74, 6) is 1.09. The van der Waals surface area contributed by atoms with Crippen LogP contribution in [0.4, 0.5) is 5.82 Å². The van der Waals surface area contributed by atoms with Crippen LogP contribution in [0.5, 0.6) is 0 Å². The van der Waals surface area contributed by atoms with Crippen molar-refractivity contribution in [1.29, 1.82) is 0 Å². The molecule has 1 N–H and O–H groups in total. The van der Waals surface area contributed by atoms with E-state index in [1.54, 1.807) is 17.1 Å². The lowest BCUT2D eigenvalue weighted by Crippen LogP contribution is -2.36. The van der Waals surface area contributed by atoms with Gasteiger partial charge in [0, 0.05) is 45.0 Å². The predicted octanol–water partition coefficient (Wildman–Crippen LogP) is 1.19. The number of nitrogens with zero attached hydrogens (tertiary/aromatic N) is 4. The molecule has 7 nitrogen and oxygen atoms in total. The topological polar surface area (TPSA) is 72.3 Å². The minimum absolute atomic E-state index is 0.00975. The molecule has 1 fully saturated rings. The Hall–Kier alpha value is -2.41. The first-order valence-corrected chi connectivity index (χ1v) is 8.15. The van der Waals surface area contributed by atoms with E-state index in [0.717, 1.165) is 17.9 Å². The second-order valence-electron chi connectivity index (χ2n) is 6.06. The Morgan fingerprint density at radius 1 is 1.46 bits per heavy atom. The Morgan fingerprint density at radius 3 is 3.08 bits per heavy atom. The van der Waals surface area contributed by atoms with Crippen LogP contribution < -0.4 is 5.32 Å². The molecule has 3 rings (SSSR count). The molecule has 1 aliphatic rings. The molecule has 0 aliphatic carbocycles. The first kappa shape index (κ1) is 16.4. The van der Waals surface area contributed by atoms with E-state index in [9.17, 15) is 4.79 Å². The number of ether oxygens (including phenoxy) is 1. The first-order valence-electron chi connectivity index (χ1n) is 8.15. The second kappa shape index (κ2) is 7.44. The van der Waals surface area contributed by atoms with Crippen LogP contribution in [0.2, 0.25) is 0 Å². The number of aromatic nitrogens is 3. The van der Waals surface area contributed by atoms with Crippen LogP contribution in [0.3, 0.4) is 0 Å². The molecule has 7 heteroatoms. The van der Waals surface area contributed by atoms with Crippen molar-refractivity contribution in [2.75, 3.05) is 38.7 Å². The molecule has 0 aromatic carbocycles. The number of amides is 1. The zero-order valence-corrected chi connectivity index (χ0v) is 14.1. The third-order valence-corrected chi connectivity index (χ3v) is 4.14. The number of hydrogen-bond donors (Lipinski definition) is 1. The molecule has 1 atom stereocenters. The molecular weight excluding hydrogens is 306 g/mol. The van der Waals surface area contributed by atoms with Crippen molar-refractivity contribution in [2.24, 2.45) is 13.0 Å². The number of rotatable bonds is 4. The number of hydrogen-bond acceptors (Lipinski definition) is 5. The van der Waals surface area contributed by atoms with Crippen molar-refractivity contribution >= 4 is 11.7 Å². The van der Waals surface area contributed by atoms with Crippen LogP contribution in [0.15, 0.2) is 30.6 Å². The average molecular weight is 329 g/mol. The number of anilines is 1. The van der Waals surface area contributed by atoms with E-state index in [1.807, 2.05) is 37.2 Å². The highest BCUT2D eigenvalue weighted by molar-refractivity contribution is 5.93. The molecule has 24 heavy (non-hydrogen) atoms. The zero-order chi connectivity index (χ0) is 16.9. The van der Waals surface area contributed by atoms with Crippen LogP contribution in [-0.4, -0.2) is 58.9 Å². The average Bonchev–Trinajstić information content (AvgIpc) is 2.89. The molecule has 0 saturated carbocycles. The molecule has 0 bridgehead atoms. The molecule has 0 unspecified atom stereocenters. The third-order valence-electron chi connectivity index (χ3n) is 4.14. The van der Waals surface area contributed by atoms with Crippen LogP contribution in [0, 0.1) is 5.92 Å². The quantitative estimate of drug-likeness (QED) is 0.912. The first-order chi connectivity index (χ1) is 11.7. The van der Waals surface area contributed by atoms with E-state index < -0.39 is 0 Å². The Bertz CT molecular complexity index is 700. The van der Waals surface area contributed by atoms with Crippen molar-refractivity contribution in [2.45, 2.75) is 6.42 Å². The number of pyridine rings is 1. The number of nitrogens with one attached hydrogen (secondary N) is 1. The van der Waals surface area contributed by atoms with E-state index in [4.69, 9.17) is 4.74 Å². The second-order valence-corrected chi connectivity index (χ2v) is 6.06. The highest BCUT2D eigenvalue weighted by Gasteiger charge is 2.24. The van der Waals surface area contributed by atoms with Gasteiger partial charge in [0.1, 0.15) is 5.82 Å². The third kappa shape index (κ3) is 3.91. The van der Waals surface area contributed by atoms with Gasteiger partial charge < -0.3 is 15.0 Å². The molecule has 128 valence electrons. The number of carbonyl (C=O) groups excluding carboxylic acids is 1. The van der Waals surface area contributed by atoms with Crippen LogP contribution in [-0.2, 0) is 18.2 Å². The lowest BCUT2D eigenvalue weighted by atomic mass is 10.0. The maximum absolute atomic E-state index is 12.7. The van der Waals surface area contributed by atoms with Gasteiger partial charge in [0.25, 0.3) is 5.91 Å². The Balaban J connectivity index is 1.69. The molecule has 1 saturated heterocycles. The summed E-state index contributed by atoms with van der Waals surface area (Å²) in [6.07, 6.45) is 4.15. The Morgan fingerprint density at radius 2 is 2.33 bits per heavy atom. The van der Waals surface area contributed by atoms with Crippen molar-refractivity contribution < 1.29 is 9.53 Å². The molecule has 2 aromatic heterocycles. The van der Waals surface area contributed by atoms with Gasteiger partial charge >= 0.3 is 0 Å². The van der Waals surface area contributed by atoms with E-state index >= 15 is 0 Å². The fourth-order valence-corrected chi connectivity index (χ4v) is 2.93. The molecular formula is C17H23N5O2. The predicted molar refractivity (Wildman–Crippen MR) is 90.9 cm³/mol. The molecule has 1 aliphatic heterocycles. The van der Waals surface area contributed by atoms with Gasteiger partial charge in [0.15, 0.2) is 0 Å². The van der Waals surface area contributed by atoms with Crippen molar-refractivity contribution in [3.8, 4) is 0 Å². The molecule has 1 amide bonds. The van der Waals surface area contributed by atoms with E-state index in [2.05, 4.69) is 15.4 Å². The van der Waals surface area contributed by atoms with Crippen molar-refractivity contribution in [1.82, 2.24) is 19.7 Å². The van der Waals surface area contributed by atoms with Gasteiger partial charge in [-0.2, -0.15) is 5.10 Å². The fraction of sp³-hybridized carbons (Fsp3) is 0.471. The van der Waals surface area contributed by atoms with Crippen molar-refractivity contribution in [3.05, 3.63) is 41.9 Å². The zero-order valence-electron chi connectivity index (χ0n) is 14.1. The molecule has 3 heterocycles. The van der Waals surface area contributed by atoms with Crippen molar-refractivity contribution in [3.63, 3.8) is 0 Å². The van der Waals surface area contributed by atoms with Gasteiger partial charge in [-0.3, -0.25) is 9.48 Å². The summed E-state index contributed by atoms with van der Waals surface area (Å²) in [5.41, 5.74) is 1.62. The standard InChI is InChI=1S/C17H23N5O2/c1-18-16-5-3-4-15(20-16)8-13-10-22(6-7-24-12-13)17(23)14-9-19-21(2)11-14/h3-5,9,11,13H,6-8,10,12H2,1-2H3,(H,18,20)/t13-/m1/s1. The molecule has 0 radical (unpaired) electrons. The Kier molecular flexibility index (Phi) is 5.10. The summed E-state index contributed by atoms with van der Waals surface area (Å²) in [7, 11) is 3.67. The van der Waals surface area contributed by atoms with Crippen LogP contribution >= 0.6 is 0 Å². The minimum atomic E-state index is 0.00975. The van der Waals surface area contributed by atoms with E-state index in [1.165, 1.54) is 0 Å². The minimum Gasteiger partial charge on any atom is -0.379 e. The fourth-order valence-electron chi connectivity index (χ4n) is 2.93.